The molecule has 0 spiro atoms. The van der Waals surface area contributed by atoms with Crippen molar-refractivity contribution in [2.45, 2.75) is 32.3 Å². The van der Waals surface area contributed by atoms with Crippen molar-refractivity contribution >= 4 is 18.3 Å². The number of carbonyl (C=O) groups excluding carboxylic acids is 1. The predicted molar refractivity (Wildman–Crippen MR) is 87.1 cm³/mol. The second-order valence-corrected chi connectivity index (χ2v) is 5.98. The maximum atomic E-state index is 12.1. The number of hydrogen-bond donors (Lipinski definition) is 2. The summed E-state index contributed by atoms with van der Waals surface area (Å²) in [5, 5.41) is 6.18. The van der Waals surface area contributed by atoms with Crippen LogP contribution in [0.1, 0.15) is 25.0 Å². The van der Waals surface area contributed by atoms with Gasteiger partial charge in [0.1, 0.15) is 6.10 Å². The third kappa shape index (κ3) is 4.70. The molecule has 4 nitrogen and oxygen atoms in total. The van der Waals surface area contributed by atoms with Crippen LogP contribution >= 0.6 is 12.4 Å². The summed E-state index contributed by atoms with van der Waals surface area (Å²) >= 11 is 0. The third-order valence-electron chi connectivity index (χ3n) is 3.80. The average Bonchev–Trinajstić information content (AvgIpc) is 2.46. The lowest BCUT2D eigenvalue weighted by Crippen LogP contribution is -2.50. The number of hydrogen-bond acceptors (Lipinski definition) is 3. The number of morpholine rings is 1. The summed E-state index contributed by atoms with van der Waals surface area (Å²) in [6.07, 6.45) is -0.364. The van der Waals surface area contributed by atoms with Crippen molar-refractivity contribution in [2.75, 3.05) is 26.2 Å². The van der Waals surface area contributed by atoms with E-state index in [0.29, 0.717) is 19.7 Å². The van der Waals surface area contributed by atoms with Crippen LogP contribution in [0.4, 0.5) is 0 Å². The number of aryl methyl sites for hydroxylation is 1. The van der Waals surface area contributed by atoms with Crippen LogP contribution < -0.4 is 10.6 Å². The van der Waals surface area contributed by atoms with Gasteiger partial charge < -0.3 is 15.4 Å². The fraction of sp³-hybridized carbons (Fsp3) is 0.562. The largest absolute Gasteiger partial charge is 0.366 e. The molecule has 1 aliphatic heterocycles. The van der Waals surface area contributed by atoms with Crippen LogP contribution in [0.2, 0.25) is 0 Å². The van der Waals surface area contributed by atoms with Gasteiger partial charge in [-0.2, -0.15) is 0 Å². The molecule has 1 aromatic rings. The molecule has 0 radical (unpaired) electrons. The zero-order valence-electron chi connectivity index (χ0n) is 12.9. The molecule has 118 valence electrons. The molecule has 1 aliphatic rings. The summed E-state index contributed by atoms with van der Waals surface area (Å²) in [6.45, 7) is 9.02. The van der Waals surface area contributed by atoms with Gasteiger partial charge in [-0.15, -0.1) is 12.4 Å². The Kier molecular flexibility index (Phi) is 6.65. The van der Waals surface area contributed by atoms with Crippen molar-refractivity contribution in [2.24, 2.45) is 0 Å². The fourth-order valence-corrected chi connectivity index (χ4v) is 2.58. The van der Waals surface area contributed by atoms with Crippen LogP contribution in [-0.2, 0) is 14.9 Å². The Labute approximate surface area is 133 Å². The summed E-state index contributed by atoms with van der Waals surface area (Å²) in [5.41, 5.74) is 2.42. The Morgan fingerprint density at radius 1 is 1.43 bits per heavy atom. The molecule has 21 heavy (non-hydrogen) atoms. The molecule has 1 fully saturated rings. The zero-order valence-corrected chi connectivity index (χ0v) is 13.8. The first-order valence-corrected chi connectivity index (χ1v) is 7.17. The van der Waals surface area contributed by atoms with Crippen LogP contribution in [0.25, 0.3) is 0 Å². The minimum atomic E-state index is -0.364. The molecular formula is C16H25ClN2O2. The highest BCUT2D eigenvalue weighted by atomic mass is 35.5. The number of halogens is 1. The Hall–Kier alpha value is -1.10. The Bertz CT molecular complexity index is 471. The monoisotopic (exact) mass is 312 g/mol. The highest BCUT2D eigenvalue weighted by Gasteiger charge is 2.26. The number of ether oxygens (including phenoxy) is 1. The third-order valence-corrected chi connectivity index (χ3v) is 3.80. The standard InChI is InChI=1S/C16H24N2O2.ClH/c1-12-6-4-5-7-13(12)16(2,3)11-18-15(19)14-10-17-8-9-20-14;/h4-7,14,17H,8-11H2,1-3H3,(H,18,19);1H. The fourth-order valence-electron chi connectivity index (χ4n) is 2.58. The number of amides is 1. The summed E-state index contributed by atoms with van der Waals surface area (Å²) in [6, 6.07) is 8.31. The molecule has 0 saturated carbocycles. The molecule has 1 atom stereocenters. The highest BCUT2D eigenvalue weighted by Crippen LogP contribution is 2.25. The quantitative estimate of drug-likeness (QED) is 0.891. The minimum absolute atomic E-state index is 0. The normalized spacial score (nSPS) is 18.7. The first-order chi connectivity index (χ1) is 9.50. The van der Waals surface area contributed by atoms with E-state index < -0.39 is 0 Å². The first-order valence-electron chi connectivity index (χ1n) is 7.17. The van der Waals surface area contributed by atoms with Gasteiger partial charge in [-0.25, -0.2) is 0 Å². The Balaban J connectivity index is 0.00000220. The lowest BCUT2D eigenvalue weighted by Gasteiger charge is -2.29. The molecule has 5 heteroatoms. The summed E-state index contributed by atoms with van der Waals surface area (Å²) < 4.78 is 5.46. The summed E-state index contributed by atoms with van der Waals surface area (Å²) in [7, 11) is 0. The van der Waals surface area contributed by atoms with E-state index in [1.165, 1.54) is 11.1 Å². The molecule has 1 unspecified atom stereocenters. The van der Waals surface area contributed by atoms with Crippen LogP contribution in [0.15, 0.2) is 24.3 Å². The van der Waals surface area contributed by atoms with Gasteiger partial charge in [-0.05, 0) is 18.1 Å². The van der Waals surface area contributed by atoms with Crippen LogP contribution in [0.3, 0.4) is 0 Å². The van der Waals surface area contributed by atoms with Gasteiger partial charge >= 0.3 is 0 Å². The molecule has 2 rings (SSSR count). The molecule has 0 aromatic heterocycles. The van der Waals surface area contributed by atoms with E-state index in [0.717, 1.165) is 6.54 Å². The molecule has 1 amide bonds. The molecule has 1 saturated heterocycles. The Morgan fingerprint density at radius 3 is 2.76 bits per heavy atom. The smallest absolute Gasteiger partial charge is 0.250 e. The lowest BCUT2D eigenvalue weighted by molar-refractivity contribution is -0.134. The lowest BCUT2D eigenvalue weighted by atomic mass is 9.82. The van der Waals surface area contributed by atoms with E-state index in [4.69, 9.17) is 4.74 Å². The zero-order chi connectivity index (χ0) is 14.6. The molecule has 1 aromatic carbocycles. The van der Waals surface area contributed by atoms with Crippen LogP contribution in [0, 0.1) is 6.92 Å². The SMILES string of the molecule is Cc1ccccc1C(C)(C)CNC(=O)C1CNCCO1.Cl. The van der Waals surface area contributed by atoms with Crippen LogP contribution in [0.5, 0.6) is 0 Å². The maximum Gasteiger partial charge on any atom is 0.250 e. The number of benzene rings is 1. The highest BCUT2D eigenvalue weighted by molar-refractivity contribution is 5.85. The number of rotatable bonds is 4. The van der Waals surface area contributed by atoms with Gasteiger partial charge in [-0.1, -0.05) is 38.1 Å². The predicted octanol–water partition coefficient (Wildman–Crippen LogP) is 1.80. The topological polar surface area (TPSA) is 50.4 Å². The summed E-state index contributed by atoms with van der Waals surface area (Å²) in [4.78, 5) is 12.1. The number of carbonyl (C=O) groups is 1. The van der Waals surface area contributed by atoms with E-state index >= 15 is 0 Å². The van der Waals surface area contributed by atoms with Crippen LogP contribution in [-0.4, -0.2) is 38.3 Å². The van der Waals surface area contributed by atoms with E-state index in [-0.39, 0.29) is 29.8 Å². The summed E-state index contributed by atoms with van der Waals surface area (Å²) in [5.74, 6) is -0.0288. The molecule has 0 aliphatic carbocycles. The van der Waals surface area contributed by atoms with Crippen molar-refractivity contribution in [3.63, 3.8) is 0 Å². The van der Waals surface area contributed by atoms with Crippen molar-refractivity contribution < 1.29 is 9.53 Å². The van der Waals surface area contributed by atoms with Gasteiger partial charge in [0.2, 0.25) is 5.91 Å². The second kappa shape index (κ2) is 7.78. The van der Waals surface area contributed by atoms with Crippen molar-refractivity contribution in [1.29, 1.82) is 0 Å². The molecular weight excluding hydrogens is 288 g/mol. The van der Waals surface area contributed by atoms with Crippen molar-refractivity contribution in [1.82, 2.24) is 10.6 Å². The Morgan fingerprint density at radius 2 is 2.14 bits per heavy atom. The molecule has 0 bridgehead atoms. The van der Waals surface area contributed by atoms with E-state index in [1.54, 1.807) is 0 Å². The van der Waals surface area contributed by atoms with Gasteiger partial charge in [0.05, 0.1) is 6.61 Å². The van der Waals surface area contributed by atoms with E-state index in [1.807, 2.05) is 12.1 Å². The second-order valence-electron chi connectivity index (χ2n) is 5.98. The van der Waals surface area contributed by atoms with Gasteiger partial charge in [0, 0.05) is 25.0 Å². The van der Waals surface area contributed by atoms with Crippen molar-refractivity contribution in [3.05, 3.63) is 35.4 Å². The van der Waals surface area contributed by atoms with E-state index in [2.05, 4.69) is 43.5 Å². The average molecular weight is 313 g/mol. The maximum absolute atomic E-state index is 12.1. The number of nitrogens with one attached hydrogen (secondary N) is 2. The van der Waals surface area contributed by atoms with Gasteiger partial charge in [0.25, 0.3) is 0 Å². The molecule has 1 heterocycles. The molecule has 2 N–H and O–H groups in total. The van der Waals surface area contributed by atoms with Crippen molar-refractivity contribution in [3.8, 4) is 0 Å². The minimum Gasteiger partial charge on any atom is -0.366 e. The van der Waals surface area contributed by atoms with Gasteiger partial charge in [0.15, 0.2) is 0 Å². The van der Waals surface area contributed by atoms with Gasteiger partial charge in [-0.3, -0.25) is 4.79 Å². The van der Waals surface area contributed by atoms with E-state index in [9.17, 15) is 4.79 Å². The first kappa shape index (κ1) is 18.0.